The van der Waals surface area contributed by atoms with Gasteiger partial charge in [0.1, 0.15) is 6.17 Å². The van der Waals surface area contributed by atoms with Crippen LogP contribution in [0.2, 0.25) is 0 Å². The van der Waals surface area contributed by atoms with E-state index in [1.165, 1.54) is 11.3 Å². The SMILES string of the molecule is CN(C)c1ccccc1CN[C@@H]1CC[C@@H](NCc2ccc3c(c2)n(C)c(=O)n3C)[C@@H](F)C1. The van der Waals surface area contributed by atoms with Gasteiger partial charge in [-0.1, -0.05) is 24.3 Å². The first kappa shape index (κ1) is 22.6. The molecular weight excluding hydrogens is 405 g/mol. The molecule has 0 radical (unpaired) electrons. The molecule has 1 saturated carbocycles. The molecule has 3 atom stereocenters. The van der Waals surface area contributed by atoms with Gasteiger partial charge in [-0.25, -0.2) is 9.18 Å². The number of aryl methyl sites for hydroxylation is 2. The molecular formula is C25H34FN5O. The molecule has 32 heavy (non-hydrogen) atoms. The van der Waals surface area contributed by atoms with Crippen LogP contribution in [0.25, 0.3) is 11.0 Å². The zero-order valence-corrected chi connectivity index (χ0v) is 19.4. The van der Waals surface area contributed by atoms with Gasteiger partial charge in [-0.15, -0.1) is 0 Å². The number of hydrogen-bond donors (Lipinski definition) is 2. The monoisotopic (exact) mass is 439 g/mol. The molecule has 3 aromatic rings. The number of imidazole rings is 1. The molecule has 0 bridgehead atoms. The maximum absolute atomic E-state index is 14.9. The summed E-state index contributed by atoms with van der Waals surface area (Å²) >= 11 is 0. The highest BCUT2D eigenvalue weighted by atomic mass is 19.1. The van der Waals surface area contributed by atoms with Crippen molar-refractivity contribution in [2.24, 2.45) is 14.1 Å². The summed E-state index contributed by atoms with van der Waals surface area (Å²) in [6, 6.07) is 14.4. The Labute approximate surface area is 189 Å². The van der Waals surface area contributed by atoms with Crippen molar-refractivity contribution in [3.05, 3.63) is 64.1 Å². The van der Waals surface area contributed by atoms with E-state index in [4.69, 9.17) is 0 Å². The largest absolute Gasteiger partial charge is 0.377 e. The van der Waals surface area contributed by atoms with Crippen LogP contribution >= 0.6 is 0 Å². The Morgan fingerprint density at radius 2 is 1.75 bits per heavy atom. The zero-order chi connectivity index (χ0) is 22.8. The lowest BCUT2D eigenvalue weighted by Crippen LogP contribution is -2.46. The van der Waals surface area contributed by atoms with Gasteiger partial charge >= 0.3 is 5.69 Å². The molecule has 4 rings (SSSR count). The highest BCUT2D eigenvalue weighted by molar-refractivity contribution is 5.76. The van der Waals surface area contributed by atoms with Crippen molar-refractivity contribution >= 4 is 16.7 Å². The first-order chi connectivity index (χ1) is 15.3. The third kappa shape index (κ3) is 4.59. The summed E-state index contributed by atoms with van der Waals surface area (Å²) in [7, 11) is 7.65. The number of aromatic nitrogens is 2. The zero-order valence-electron chi connectivity index (χ0n) is 19.4. The minimum atomic E-state index is -0.879. The number of alkyl halides is 1. The Morgan fingerprint density at radius 1 is 1.00 bits per heavy atom. The molecule has 0 unspecified atom stereocenters. The van der Waals surface area contributed by atoms with Gasteiger partial charge in [-0.05, 0) is 48.6 Å². The lowest BCUT2D eigenvalue weighted by Gasteiger charge is -2.33. The summed E-state index contributed by atoms with van der Waals surface area (Å²) < 4.78 is 18.3. The average Bonchev–Trinajstić information content (AvgIpc) is 3.00. The summed E-state index contributed by atoms with van der Waals surface area (Å²) in [5.74, 6) is 0. The lowest BCUT2D eigenvalue weighted by molar-refractivity contribution is 0.160. The van der Waals surface area contributed by atoms with Crippen molar-refractivity contribution in [1.29, 1.82) is 0 Å². The number of benzene rings is 2. The van der Waals surface area contributed by atoms with Crippen LogP contribution in [-0.2, 0) is 27.2 Å². The molecule has 7 heteroatoms. The van der Waals surface area contributed by atoms with E-state index in [0.29, 0.717) is 13.0 Å². The smallest absolute Gasteiger partial charge is 0.328 e. The van der Waals surface area contributed by atoms with Crippen LogP contribution in [0.5, 0.6) is 0 Å². The van der Waals surface area contributed by atoms with Crippen molar-refractivity contribution in [2.75, 3.05) is 19.0 Å². The number of nitrogens with one attached hydrogen (secondary N) is 2. The molecule has 172 valence electrons. The van der Waals surface area contributed by atoms with Crippen molar-refractivity contribution in [3.8, 4) is 0 Å². The Bertz CT molecular complexity index is 1140. The van der Waals surface area contributed by atoms with Crippen LogP contribution in [0.4, 0.5) is 10.1 Å². The normalized spacial score (nSPS) is 21.2. The molecule has 0 saturated heterocycles. The fourth-order valence-electron chi connectivity index (χ4n) is 4.79. The van der Waals surface area contributed by atoms with E-state index in [1.807, 2.05) is 44.4 Å². The Morgan fingerprint density at radius 3 is 2.50 bits per heavy atom. The highest BCUT2D eigenvalue weighted by Crippen LogP contribution is 2.24. The van der Waals surface area contributed by atoms with E-state index < -0.39 is 6.17 Å². The topological polar surface area (TPSA) is 54.2 Å². The molecule has 2 aromatic carbocycles. The number of hydrogen-bond acceptors (Lipinski definition) is 4. The number of nitrogens with zero attached hydrogens (tertiary/aromatic N) is 3. The molecule has 1 heterocycles. The molecule has 0 amide bonds. The Kier molecular flexibility index (Phi) is 6.67. The van der Waals surface area contributed by atoms with Gasteiger partial charge in [0.15, 0.2) is 0 Å². The van der Waals surface area contributed by atoms with E-state index in [0.717, 1.165) is 36.0 Å². The van der Waals surface area contributed by atoms with E-state index in [-0.39, 0.29) is 17.8 Å². The molecule has 6 nitrogen and oxygen atoms in total. The van der Waals surface area contributed by atoms with Crippen LogP contribution in [0.3, 0.4) is 0 Å². The Hall–Kier alpha value is -2.64. The minimum absolute atomic E-state index is 0.0343. The fraction of sp³-hybridized carbons (Fsp3) is 0.480. The highest BCUT2D eigenvalue weighted by Gasteiger charge is 2.30. The molecule has 0 aliphatic heterocycles. The molecule has 1 aromatic heterocycles. The first-order valence-electron chi connectivity index (χ1n) is 11.4. The van der Waals surface area contributed by atoms with Crippen LogP contribution in [-0.4, -0.2) is 41.5 Å². The van der Waals surface area contributed by atoms with Crippen molar-refractivity contribution in [1.82, 2.24) is 19.8 Å². The summed E-state index contributed by atoms with van der Waals surface area (Å²) in [5.41, 5.74) is 5.27. The lowest BCUT2D eigenvalue weighted by atomic mass is 9.89. The van der Waals surface area contributed by atoms with Crippen LogP contribution in [0.1, 0.15) is 30.4 Å². The van der Waals surface area contributed by atoms with Crippen LogP contribution < -0.4 is 21.2 Å². The van der Waals surface area contributed by atoms with E-state index >= 15 is 0 Å². The van der Waals surface area contributed by atoms with E-state index in [9.17, 15) is 9.18 Å². The van der Waals surface area contributed by atoms with Gasteiger partial charge in [-0.2, -0.15) is 0 Å². The number of anilines is 1. The number of fused-ring (bicyclic) bond motifs is 1. The average molecular weight is 440 g/mol. The predicted molar refractivity (Wildman–Crippen MR) is 129 cm³/mol. The fourth-order valence-corrected chi connectivity index (χ4v) is 4.79. The van der Waals surface area contributed by atoms with E-state index in [2.05, 4.69) is 27.7 Å². The third-order valence-electron chi connectivity index (χ3n) is 6.73. The van der Waals surface area contributed by atoms with Gasteiger partial charge < -0.3 is 15.5 Å². The van der Waals surface area contributed by atoms with Gasteiger partial charge in [-0.3, -0.25) is 9.13 Å². The second-order valence-electron chi connectivity index (χ2n) is 9.14. The van der Waals surface area contributed by atoms with Crippen molar-refractivity contribution < 1.29 is 4.39 Å². The van der Waals surface area contributed by atoms with Crippen molar-refractivity contribution in [3.63, 3.8) is 0 Å². The Balaban J connectivity index is 1.31. The minimum Gasteiger partial charge on any atom is -0.377 e. The molecule has 1 aliphatic carbocycles. The van der Waals surface area contributed by atoms with E-state index in [1.54, 1.807) is 23.2 Å². The second-order valence-corrected chi connectivity index (χ2v) is 9.14. The molecule has 0 spiro atoms. The second kappa shape index (κ2) is 9.46. The van der Waals surface area contributed by atoms with Gasteiger partial charge in [0.05, 0.1) is 11.0 Å². The maximum Gasteiger partial charge on any atom is 0.328 e. The van der Waals surface area contributed by atoms with Gasteiger partial charge in [0.25, 0.3) is 0 Å². The third-order valence-corrected chi connectivity index (χ3v) is 6.73. The predicted octanol–water partition coefficient (Wildman–Crippen LogP) is 3.08. The van der Waals surface area contributed by atoms with Gasteiger partial charge in [0, 0.05) is 59.1 Å². The molecule has 2 N–H and O–H groups in total. The standard InChI is InChI=1S/C25H34FN5O/c1-29(2)22-8-6-5-7-18(22)16-27-19-10-11-21(20(26)14-19)28-15-17-9-12-23-24(13-17)31(4)25(32)30(23)3/h5-9,12-13,19-21,27-28H,10-11,14-16H2,1-4H3/t19-,20+,21-/m1/s1. The van der Waals surface area contributed by atoms with Crippen molar-refractivity contribution in [2.45, 2.75) is 50.6 Å². The summed E-state index contributed by atoms with van der Waals surface area (Å²) in [4.78, 5) is 14.2. The van der Waals surface area contributed by atoms with Crippen LogP contribution in [0, 0.1) is 0 Å². The van der Waals surface area contributed by atoms with Gasteiger partial charge in [0.2, 0.25) is 0 Å². The molecule has 1 aliphatic rings. The summed E-state index contributed by atoms with van der Waals surface area (Å²) in [5, 5.41) is 6.97. The summed E-state index contributed by atoms with van der Waals surface area (Å²) in [6.45, 7) is 1.35. The molecule has 1 fully saturated rings. The quantitative estimate of drug-likeness (QED) is 0.594. The summed E-state index contributed by atoms with van der Waals surface area (Å²) in [6.07, 6.45) is 1.40. The maximum atomic E-state index is 14.9. The number of para-hydroxylation sites is 1. The van der Waals surface area contributed by atoms with Crippen LogP contribution in [0.15, 0.2) is 47.3 Å². The number of halogens is 1. The first-order valence-corrected chi connectivity index (χ1v) is 11.4. The number of rotatable bonds is 7.